The molecule has 1 aliphatic heterocycles. The molecule has 4 N–H and O–H groups in total. The third kappa shape index (κ3) is 4.46. The number of piperazine rings is 1. The minimum Gasteiger partial charge on any atom is -0.397 e. The monoisotopic (exact) mass is 530 g/mol. The number of carbonyl (C=O) groups is 2. The van der Waals surface area contributed by atoms with Gasteiger partial charge in [0.2, 0.25) is 0 Å². The summed E-state index contributed by atoms with van der Waals surface area (Å²) in [7, 11) is 0. The van der Waals surface area contributed by atoms with Crippen molar-refractivity contribution in [1.82, 2.24) is 9.88 Å². The van der Waals surface area contributed by atoms with Crippen molar-refractivity contribution in [2.45, 2.75) is 6.92 Å². The number of benzene rings is 2. The number of rotatable bonds is 4. The van der Waals surface area contributed by atoms with Crippen LogP contribution in [0.5, 0.6) is 0 Å². The van der Waals surface area contributed by atoms with Crippen molar-refractivity contribution in [1.29, 1.82) is 5.26 Å². The number of carbonyl (C=O) groups excluding carboxylic acids is 2. The van der Waals surface area contributed by atoms with E-state index in [-0.39, 0.29) is 23.1 Å². The predicted octanol–water partition coefficient (Wildman–Crippen LogP) is 4.82. The third-order valence-electron chi connectivity index (χ3n) is 6.55. The number of aromatic nitrogens is 1. The highest BCUT2D eigenvalue weighted by atomic mass is 35.5. The zero-order chi connectivity index (χ0) is 26.3. The molecule has 8 nitrogen and oxygen atoms in total. The van der Waals surface area contributed by atoms with Crippen LogP contribution < -0.4 is 16.4 Å². The second-order valence-electron chi connectivity index (χ2n) is 8.77. The number of thiophene rings is 1. The van der Waals surface area contributed by atoms with Gasteiger partial charge in [-0.25, -0.2) is 4.98 Å². The topological polar surface area (TPSA) is 129 Å². The molecule has 0 saturated carbocycles. The van der Waals surface area contributed by atoms with E-state index in [1.165, 1.54) is 11.3 Å². The summed E-state index contributed by atoms with van der Waals surface area (Å²) in [5.41, 5.74) is 16.1. The first kappa shape index (κ1) is 24.6. The highest BCUT2D eigenvalue weighted by molar-refractivity contribution is 7.21. The number of anilines is 3. The van der Waals surface area contributed by atoms with Gasteiger partial charge < -0.3 is 21.3 Å². The zero-order valence-electron chi connectivity index (χ0n) is 20.0. The molecule has 37 heavy (non-hydrogen) atoms. The SMILES string of the molecule is CC(=O)c1ccc(N2CCN(C(=O)c3sc4nc(N)c(C#N)c(-c5ccc(Cl)cc5)c4c3N)CC2)cc1. The average molecular weight is 531 g/mol. The van der Waals surface area contributed by atoms with Crippen molar-refractivity contribution < 1.29 is 9.59 Å². The molecule has 1 fully saturated rings. The number of nitriles is 1. The maximum Gasteiger partial charge on any atom is 0.266 e. The number of amides is 1. The van der Waals surface area contributed by atoms with Crippen LogP contribution in [0.15, 0.2) is 48.5 Å². The van der Waals surface area contributed by atoms with E-state index >= 15 is 0 Å². The van der Waals surface area contributed by atoms with Gasteiger partial charge in [0.1, 0.15) is 27.2 Å². The number of nitrogens with two attached hydrogens (primary N) is 2. The fourth-order valence-corrected chi connectivity index (χ4v) is 5.77. The van der Waals surface area contributed by atoms with Crippen LogP contribution in [0.2, 0.25) is 5.02 Å². The van der Waals surface area contributed by atoms with E-state index in [9.17, 15) is 14.9 Å². The summed E-state index contributed by atoms with van der Waals surface area (Å²) in [5, 5.41) is 10.9. The van der Waals surface area contributed by atoms with Crippen molar-refractivity contribution >= 4 is 62.0 Å². The highest BCUT2D eigenvalue weighted by Gasteiger charge is 2.29. The Hall–Kier alpha value is -4.13. The third-order valence-corrected chi connectivity index (χ3v) is 7.89. The molecule has 2 aromatic carbocycles. The summed E-state index contributed by atoms with van der Waals surface area (Å²) < 4.78 is 0. The van der Waals surface area contributed by atoms with Gasteiger partial charge in [0.05, 0.1) is 5.69 Å². The molecule has 1 saturated heterocycles. The van der Waals surface area contributed by atoms with E-state index in [0.717, 1.165) is 5.69 Å². The van der Waals surface area contributed by atoms with Gasteiger partial charge >= 0.3 is 0 Å². The number of hydrogen-bond acceptors (Lipinski definition) is 8. The van der Waals surface area contributed by atoms with Crippen LogP contribution in [0.25, 0.3) is 21.3 Å². The number of nitrogens with zero attached hydrogens (tertiary/aromatic N) is 4. The van der Waals surface area contributed by atoms with Crippen LogP contribution >= 0.6 is 22.9 Å². The Labute approximate surface area is 222 Å². The quantitative estimate of drug-likeness (QED) is 0.362. The summed E-state index contributed by atoms with van der Waals surface area (Å²) in [5.74, 6) is -0.0592. The first-order chi connectivity index (χ1) is 17.8. The maximum atomic E-state index is 13.5. The number of fused-ring (bicyclic) bond motifs is 1. The first-order valence-corrected chi connectivity index (χ1v) is 12.8. The van der Waals surface area contributed by atoms with E-state index in [2.05, 4.69) is 16.0 Å². The maximum absolute atomic E-state index is 13.5. The van der Waals surface area contributed by atoms with Gasteiger partial charge in [-0.2, -0.15) is 5.26 Å². The van der Waals surface area contributed by atoms with Crippen LogP contribution in [0.1, 0.15) is 32.5 Å². The molecule has 3 heterocycles. The van der Waals surface area contributed by atoms with Gasteiger partial charge in [0, 0.05) is 53.4 Å². The summed E-state index contributed by atoms with van der Waals surface area (Å²) >= 11 is 7.25. The standard InChI is InChI=1S/C27H23ClN6O2S/c1-15(35)16-4-8-19(9-5-16)33-10-12-34(13-11-33)27(36)24-23(30)22-21(17-2-6-18(28)7-3-17)20(14-29)25(31)32-26(22)37-24/h2-9H,10-13,30H2,1H3,(H2,31,32). The lowest BCUT2D eigenvalue weighted by atomic mass is 9.97. The summed E-state index contributed by atoms with van der Waals surface area (Å²) in [6.07, 6.45) is 0. The Kier molecular flexibility index (Phi) is 6.46. The largest absolute Gasteiger partial charge is 0.397 e. The van der Waals surface area contributed by atoms with Crippen LogP contribution in [-0.4, -0.2) is 47.8 Å². The van der Waals surface area contributed by atoms with Gasteiger partial charge in [-0.3, -0.25) is 9.59 Å². The average Bonchev–Trinajstić information content (AvgIpc) is 3.23. The first-order valence-electron chi connectivity index (χ1n) is 11.6. The fourth-order valence-electron chi connectivity index (χ4n) is 4.57. The molecule has 0 unspecified atom stereocenters. The second kappa shape index (κ2) is 9.73. The summed E-state index contributed by atoms with van der Waals surface area (Å²) in [6, 6.07) is 16.7. The van der Waals surface area contributed by atoms with Gasteiger partial charge in [-0.1, -0.05) is 23.7 Å². The second-order valence-corrected chi connectivity index (χ2v) is 10.2. The molecule has 2 aromatic heterocycles. The van der Waals surface area contributed by atoms with Crippen LogP contribution in [0.4, 0.5) is 17.2 Å². The van der Waals surface area contributed by atoms with E-state index in [0.29, 0.717) is 68.7 Å². The molecule has 0 bridgehead atoms. The van der Waals surface area contributed by atoms with E-state index < -0.39 is 0 Å². The Balaban J connectivity index is 1.44. The van der Waals surface area contributed by atoms with Crippen molar-refractivity contribution in [2.24, 2.45) is 0 Å². The number of ketones is 1. The lowest BCUT2D eigenvalue weighted by Crippen LogP contribution is -2.48. The highest BCUT2D eigenvalue weighted by Crippen LogP contribution is 2.43. The van der Waals surface area contributed by atoms with Crippen molar-refractivity contribution in [3.05, 3.63) is 69.6 Å². The lowest BCUT2D eigenvalue weighted by molar-refractivity contribution is 0.0752. The molecule has 5 rings (SSSR count). The molecular weight excluding hydrogens is 508 g/mol. The molecule has 186 valence electrons. The van der Waals surface area contributed by atoms with Gasteiger partial charge in [-0.15, -0.1) is 11.3 Å². The minimum absolute atomic E-state index is 0.0280. The molecule has 0 spiro atoms. The summed E-state index contributed by atoms with van der Waals surface area (Å²) in [6.45, 7) is 3.88. The number of nitrogen functional groups attached to an aromatic ring is 2. The van der Waals surface area contributed by atoms with Crippen LogP contribution in [0.3, 0.4) is 0 Å². The number of halogens is 1. The molecule has 4 aromatic rings. The minimum atomic E-state index is -0.175. The fraction of sp³-hybridized carbons (Fsp3) is 0.185. The number of pyridine rings is 1. The lowest BCUT2D eigenvalue weighted by Gasteiger charge is -2.36. The summed E-state index contributed by atoms with van der Waals surface area (Å²) in [4.78, 5) is 34.3. The van der Waals surface area contributed by atoms with Crippen molar-refractivity contribution in [2.75, 3.05) is 42.5 Å². The Bertz CT molecular complexity index is 1570. The zero-order valence-corrected chi connectivity index (χ0v) is 21.6. The normalized spacial score (nSPS) is 13.5. The van der Waals surface area contributed by atoms with Crippen LogP contribution in [0, 0.1) is 11.3 Å². The van der Waals surface area contributed by atoms with E-state index in [1.807, 2.05) is 24.3 Å². The molecule has 0 atom stereocenters. The number of hydrogen-bond donors (Lipinski definition) is 2. The van der Waals surface area contributed by atoms with E-state index in [1.54, 1.807) is 36.1 Å². The Morgan fingerprint density at radius 1 is 1.03 bits per heavy atom. The Morgan fingerprint density at radius 3 is 2.27 bits per heavy atom. The molecular formula is C27H23ClN6O2S. The molecule has 0 aliphatic carbocycles. The molecule has 1 amide bonds. The van der Waals surface area contributed by atoms with Gasteiger partial charge in [-0.05, 0) is 48.9 Å². The van der Waals surface area contributed by atoms with Gasteiger partial charge in [0.15, 0.2) is 5.78 Å². The molecule has 0 radical (unpaired) electrons. The smallest absolute Gasteiger partial charge is 0.266 e. The molecule has 10 heteroatoms. The van der Waals surface area contributed by atoms with Crippen molar-refractivity contribution in [3.8, 4) is 17.2 Å². The number of Topliss-reactive ketones (excluding diaryl/α,β-unsaturated/α-hetero) is 1. The molecule has 1 aliphatic rings. The van der Waals surface area contributed by atoms with E-state index in [4.69, 9.17) is 23.1 Å². The Morgan fingerprint density at radius 2 is 1.68 bits per heavy atom. The predicted molar refractivity (Wildman–Crippen MR) is 148 cm³/mol. The van der Waals surface area contributed by atoms with Crippen molar-refractivity contribution in [3.63, 3.8) is 0 Å². The van der Waals surface area contributed by atoms with Crippen LogP contribution in [-0.2, 0) is 0 Å². The van der Waals surface area contributed by atoms with Gasteiger partial charge in [0.25, 0.3) is 5.91 Å².